The van der Waals surface area contributed by atoms with Gasteiger partial charge in [-0.25, -0.2) is 4.79 Å². The molecular weight excluding hydrogens is 280 g/mol. The number of hydrogen-bond donors (Lipinski definition) is 3. The molecule has 2 aromatic rings. The molecule has 0 saturated heterocycles. The first-order chi connectivity index (χ1) is 9.97. The van der Waals surface area contributed by atoms with Crippen molar-refractivity contribution in [2.24, 2.45) is 0 Å². The van der Waals surface area contributed by atoms with Gasteiger partial charge in [-0.15, -0.1) is 0 Å². The Labute approximate surface area is 117 Å². The van der Waals surface area contributed by atoms with Gasteiger partial charge in [-0.05, 0) is 12.1 Å². The van der Waals surface area contributed by atoms with Gasteiger partial charge in [0.05, 0.1) is 22.6 Å². The SMILES string of the molecule is O=C(Cc1ccn[nH]1)Nc1ccc([N+](=O)[O-])cc1C(=O)O. The number of H-pyrrole nitrogens is 1. The molecule has 9 nitrogen and oxygen atoms in total. The zero-order valence-corrected chi connectivity index (χ0v) is 10.6. The summed E-state index contributed by atoms with van der Waals surface area (Å²) in [6.07, 6.45) is 1.47. The van der Waals surface area contributed by atoms with Crippen LogP contribution in [0.25, 0.3) is 0 Å². The van der Waals surface area contributed by atoms with E-state index in [4.69, 9.17) is 5.11 Å². The molecule has 0 saturated carbocycles. The predicted molar refractivity (Wildman–Crippen MR) is 71.0 cm³/mol. The van der Waals surface area contributed by atoms with Crippen LogP contribution in [0.3, 0.4) is 0 Å². The van der Waals surface area contributed by atoms with E-state index in [9.17, 15) is 19.7 Å². The Balaban J connectivity index is 2.21. The van der Waals surface area contributed by atoms with Crippen molar-refractivity contribution in [1.82, 2.24) is 10.2 Å². The van der Waals surface area contributed by atoms with Crippen LogP contribution in [-0.4, -0.2) is 32.1 Å². The molecule has 2 rings (SSSR count). The minimum atomic E-state index is -1.37. The number of rotatable bonds is 5. The number of carboxylic acid groups (broad SMARTS) is 1. The quantitative estimate of drug-likeness (QED) is 0.558. The van der Waals surface area contributed by atoms with E-state index in [1.54, 1.807) is 6.07 Å². The number of benzene rings is 1. The van der Waals surface area contributed by atoms with Crippen LogP contribution in [0.1, 0.15) is 16.1 Å². The first-order valence-corrected chi connectivity index (χ1v) is 5.77. The van der Waals surface area contributed by atoms with Crippen LogP contribution in [0.2, 0.25) is 0 Å². The van der Waals surface area contributed by atoms with Crippen molar-refractivity contribution < 1.29 is 19.6 Å². The van der Waals surface area contributed by atoms with E-state index in [-0.39, 0.29) is 23.4 Å². The molecule has 0 spiro atoms. The Morgan fingerprint density at radius 3 is 2.71 bits per heavy atom. The number of nitrogens with zero attached hydrogens (tertiary/aromatic N) is 2. The Hall–Kier alpha value is -3.23. The predicted octanol–water partition coefficient (Wildman–Crippen LogP) is 1.20. The fourth-order valence-electron chi connectivity index (χ4n) is 1.68. The third-order valence-corrected chi connectivity index (χ3v) is 2.63. The van der Waals surface area contributed by atoms with Gasteiger partial charge in [-0.3, -0.25) is 20.0 Å². The van der Waals surface area contributed by atoms with Crippen LogP contribution in [-0.2, 0) is 11.2 Å². The number of hydrogen-bond acceptors (Lipinski definition) is 5. The van der Waals surface area contributed by atoms with E-state index in [0.717, 1.165) is 12.1 Å². The maximum absolute atomic E-state index is 11.8. The third kappa shape index (κ3) is 3.41. The Bertz CT molecular complexity index is 696. The Morgan fingerprint density at radius 2 is 2.14 bits per heavy atom. The Kier molecular flexibility index (Phi) is 3.93. The van der Waals surface area contributed by atoms with Crippen LogP contribution in [0.4, 0.5) is 11.4 Å². The van der Waals surface area contributed by atoms with Gasteiger partial charge in [0.15, 0.2) is 0 Å². The van der Waals surface area contributed by atoms with E-state index in [1.165, 1.54) is 12.3 Å². The molecule has 0 aliphatic heterocycles. The van der Waals surface area contributed by atoms with Gasteiger partial charge in [-0.2, -0.15) is 5.10 Å². The molecule has 1 aromatic carbocycles. The smallest absolute Gasteiger partial charge is 0.338 e. The van der Waals surface area contributed by atoms with Crippen molar-refractivity contribution in [2.45, 2.75) is 6.42 Å². The van der Waals surface area contributed by atoms with Crippen LogP contribution in [0.5, 0.6) is 0 Å². The standard InChI is InChI=1S/C12H10N4O5/c17-11(5-7-3-4-13-15-7)14-10-2-1-8(16(20)21)6-9(10)12(18)19/h1-4,6H,5H2,(H,13,15)(H,14,17)(H,18,19). The average Bonchev–Trinajstić information content (AvgIpc) is 2.91. The van der Waals surface area contributed by atoms with Gasteiger partial charge in [0, 0.05) is 24.0 Å². The number of carboxylic acids is 1. The van der Waals surface area contributed by atoms with Crippen LogP contribution in [0, 0.1) is 10.1 Å². The van der Waals surface area contributed by atoms with Gasteiger partial charge in [0.1, 0.15) is 0 Å². The van der Waals surface area contributed by atoms with Crippen LogP contribution in [0.15, 0.2) is 30.5 Å². The molecule has 0 fully saturated rings. The van der Waals surface area contributed by atoms with Crippen molar-refractivity contribution in [3.05, 3.63) is 51.8 Å². The minimum Gasteiger partial charge on any atom is -0.478 e. The summed E-state index contributed by atoms with van der Waals surface area (Å²) in [5.41, 5.74) is -0.148. The summed E-state index contributed by atoms with van der Waals surface area (Å²) in [6, 6.07) is 4.81. The fraction of sp³-hybridized carbons (Fsp3) is 0.0833. The zero-order valence-electron chi connectivity index (χ0n) is 10.6. The third-order valence-electron chi connectivity index (χ3n) is 2.63. The summed E-state index contributed by atoms with van der Waals surface area (Å²) in [7, 11) is 0. The topological polar surface area (TPSA) is 138 Å². The molecule has 0 unspecified atom stereocenters. The lowest BCUT2D eigenvalue weighted by atomic mass is 10.1. The summed E-state index contributed by atoms with van der Waals surface area (Å²) in [4.78, 5) is 32.8. The van der Waals surface area contributed by atoms with Crippen LogP contribution >= 0.6 is 0 Å². The number of nitro groups is 1. The number of amides is 1. The number of anilines is 1. The van der Waals surface area contributed by atoms with Crippen molar-refractivity contribution in [3.63, 3.8) is 0 Å². The zero-order chi connectivity index (χ0) is 15.4. The second-order valence-corrected chi connectivity index (χ2v) is 4.10. The highest BCUT2D eigenvalue weighted by Crippen LogP contribution is 2.22. The van der Waals surface area contributed by atoms with E-state index in [0.29, 0.717) is 5.69 Å². The summed E-state index contributed by atoms with van der Waals surface area (Å²) >= 11 is 0. The highest BCUT2D eigenvalue weighted by Gasteiger charge is 2.17. The molecule has 0 aliphatic rings. The summed E-state index contributed by atoms with van der Waals surface area (Å²) in [5.74, 6) is -1.83. The molecule has 9 heteroatoms. The highest BCUT2D eigenvalue weighted by molar-refractivity contribution is 6.01. The molecule has 0 bridgehead atoms. The van der Waals surface area contributed by atoms with E-state index in [2.05, 4.69) is 15.5 Å². The Morgan fingerprint density at radius 1 is 1.38 bits per heavy atom. The minimum absolute atomic E-state index is 0.00221. The molecule has 0 radical (unpaired) electrons. The van der Waals surface area contributed by atoms with E-state index in [1.807, 2.05) is 0 Å². The van der Waals surface area contributed by atoms with Crippen molar-refractivity contribution in [2.75, 3.05) is 5.32 Å². The number of aromatic amines is 1. The monoisotopic (exact) mass is 290 g/mol. The number of aromatic carboxylic acids is 1. The lowest BCUT2D eigenvalue weighted by Gasteiger charge is -2.07. The van der Waals surface area contributed by atoms with E-state index >= 15 is 0 Å². The first kappa shape index (κ1) is 14.2. The molecule has 108 valence electrons. The maximum Gasteiger partial charge on any atom is 0.338 e. The highest BCUT2D eigenvalue weighted by atomic mass is 16.6. The van der Waals surface area contributed by atoms with Gasteiger partial charge >= 0.3 is 5.97 Å². The number of nitrogens with one attached hydrogen (secondary N) is 2. The number of aromatic nitrogens is 2. The molecule has 1 aromatic heterocycles. The summed E-state index contributed by atoms with van der Waals surface area (Å²) in [6.45, 7) is 0. The number of non-ortho nitro benzene ring substituents is 1. The molecule has 3 N–H and O–H groups in total. The average molecular weight is 290 g/mol. The number of carbonyl (C=O) groups excluding carboxylic acids is 1. The van der Waals surface area contributed by atoms with Gasteiger partial charge < -0.3 is 10.4 Å². The van der Waals surface area contributed by atoms with E-state index < -0.39 is 16.8 Å². The second-order valence-electron chi connectivity index (χ2n) is 4.10. The second kappa shape index (κ2) is 5.82. The lowest BCUT2D eigenvalue weighted by Crippen LogP contribution is -2.17. The van der Waals surface area contributed by atoms with Crippen molar-refractivity contribution in [1.29, 1.82) is 0 Å². The molecule has 1 heterocycles. The molecular formula is C12H10N4O5. The first-order valence-electron chi connectivity index (χ1n) is 5.77. The van der Waals surface area contributed by atoms with Crippen molar-refractivity contribution in [3.8, 4) is 0 Å². The molecule has 0 aliphatic carbocycles. The molecule has 1 amide bonds. The number of carbonyl (C=O) groups is 2. The fourth-order valence-corrected chi connectivity index (χ4v) is 1.68. The van der Waals surface area contributed by atoms with Gasteiger partial charge in [0.2, 0.25) is 5.91 Å². The largest absolute Gasteiger partial charge is 0.478 e. The maximum atomic E-state index is 11.8. The van der Waals surface area contributed by atoms with Gasteiger partial charge in [0.25, 0.3) is 5.69 Å². The summed E-state index contributed by atoms with van der Waals surface area (Å²) < 4.78 is 0. The van der Waals surface area contributed by atoms with Gasteiger partial charge in [-0.1, -0.05) is 0 Å². The summed E-state index contributed by atoms with van der Waals surface area (Å²) in [5, 5.41) is 28.4. The number of nitro benzene ring substituents is 1. The van der Waals surface area contributed by atoms with Crippen LogP contribution < -0.4 is 5.32 Å². The molecule has 21 heavy (non-hydrogen) atoms. The molecule has 0 atom stereocenters. The normalized spacial score (nSPS) is 10.1. The van der Waals surface area contributed by atoms with Crippen molar-refractivity contribution >= 4 is 23.3 Å². The lowest BCUT2D eigenvalue weighted by molar-refractivity contribution is -0.384.